The molecular weight excluding hydrogens is 306 g/mol. The van der Waals surface area contributed by atoms with Gasteiger partial charge in [-0.15, -0.1) is 0 Å². The summed E-state index contributed by atoms with van der Waals surface area (Å²) >= 11 is 0. The SMILES string of the molecule is Cc1nc2ccc(NC(=O)c3ccc(-n4ccnc4)nc3)cc2o1. The van der Waals surface area contributed by atoms with Crippen LogP contribution in [0.2, 0.25) is 0 Å². The van der Waals surface area contributed by atoms with Crippen molar-refractivity contribution in [1.29, 1.82) is 0 Å². The lowest BCUT2D eigenvalue weighted by Gasteiger charge is -2.06. The molecule has 4 aromatic rings. The van der Waals surface area contributed by atoms with Crippen LogP contribution in [0.15, 0.2) is 59.7 Å². The molecule has 0 spiro atoms. The van der Waals surface area contributed by atoms with E-state index in [9.17, 15) is 4.79 Å². The Labute approximate surface area is 137 Å². The molecule has 0 atom stereocenters. The number of fused-ring (bicyclic) bond motifs is 1. The number of carbonyl (C=O) groups is 1. The number of benzene rings is 1. The lowest BCUT2D eigenvalue weighted by molar-refractivity contribution is 0.102. The smallest absolute Gasteiger partial charge is 0.257 e. The van der Waals surface area contributed by atoms with E-state index in [0.29, 0.717) is 28.5 Å². The third-order valence-corrected chi connectivity index (χ3v) is 3.53. The topological polar surface area (TPSA) is 85.8 Å². The quantitative estimate of drug-likeness (QED) is 0.627. The number of aryl methyl sites for hydroxylation is 1. The molecule has 0 unspecified atom stereocenters. The van der Waals surface area contributed by atoms with Gasteiger partial charge >= 0.3 is 0 Å². The van der Waals surface area contributed by atoms with E-state index in [1.165, 1.54) is 6.20 Å². The van der Waals surface area contributed by atoms with E-state index in [0.717, 1.165) is 5.52 Å². The number of hydrogen-bond donors (Lipinski definition) is 1. The van der Waals surface area contributed by atoms with Crippen molar-refractivity contribution in [3.63, 3.8) is 0 Å². The van der Waals surface area contributed by atoms with E-state index in [4.69, 9.17) is 4.42 Å². The Kier molecular flexibility index (Phi) is 3.31. The molecule has 7 nitrogen and oxygen atoms in total. The summed E-state index contributed by atoms with van der Waals surface area (Å²) in [5.41, 5.74) is 2.51. The lowest BCUT2D eigenvalue weighted by Crippen LogP contribution is -2.12. The zero-order valence-electron chi connectivity index (χ0n) is 12.8. The Bertz CT molecular complexity index is 1000. The minimum Gasteiger partial charge on any atom is -0.441 e. The number of imidazole rings is 1. The third kappa shape index (κ3) is 2.63. The van der Waals surface area contributed by atoms with Crippen molar-refractivity contribution in [2.75, 3.05) is 5.32 Å². The number of oxazole rings is 1. The molecular formula is C17H13N5O2. The molecule has 0 saturated heterocycles. The van der Waals surface area contributed by atoms with Gasteiger partial charge in [0.2, 0.25) is 0 Å². The van der Waals surface area contributed by atoms with Crippen LogP contribution < -0.4 is 5.32 Å². The van der Waals surface area contributed by atoms with Crippen LogP contribution in [0.1, 0.15) is 16.2 Å². The minimum absolute atomic E-state index is 0.240. The van der Waals surface area contributed by atoms with Gasteiger partial charge in [-0.25, -0.2) is 15.0 Å². The lowest BCUT2D eigenvalue weighted by atomic mass is 10.2. The van der Waals surface area contributed by atoms with Crippen molar-refractivity contribution in [1.82, 2.24) is 19.5 Å². The summed E-state index contributed by atoms with van der Waals surface area (Å²) in [7, 11) is 0. The second-order valence-corrected chi connectivity index (χ2v) is 5.24. The van der Waals surface area contributed by atoms with Gasteiger partial charge in [0.15, 0.2) is 11.5 Å². The van der Waals surface area contributed by atoms with Crippen molar-refractivity contribution >= 4 is 22.7 Å². The van der Waals surface area contributed by atoms with Crippen LogP contribution in [0.5, 0.6) is 0 Å². The number of anilines is 1. The zero-order chi connectivity index (χ0) is 16.5. The normalized spacial score (nSPS) is 10.9. The van der Waals surface area contributed by atoms with Crippen LogP contribution in [-0.4, -0.2) is 25.4 Å². The Morgan fingerprint density at radius 3 is 2.92 bits per heavy atom. The molecule has 0 bridgehead atoms. The molecule has 4 rings (SSSR count). The number of rotatable bonds is 3. The van der Waals surface area contributed by atoms with Crippen LogP contribution in [0.25, 0.3) is 16.9 Å². The van der Waals surface area contributed by atoms with Gasteiger partial charge in [0.1, 0.15) is 17.7 Å². The van der Waals surface area contributed by atoms with Crippen molar-refractivity contribution in [2.45, 2.75) is 6.92 Å². The summed E-state index contributed by atoms with van der Waals surface area (Å²) in [4.78, 5) is 24.8. The van der Waals surface area contributed by atoms with E-state index >= 15 is 0 Å². The summed E-state index contributed by atoms with van der Waals surface area (Å²) < 4.78 is 7.24. The number of carbonyl (C=O) groups excluding carboxylic acids is 1. The highest BCUT2D eigenvalue weighted by Crippen LogP contribution is 2.20. The van der Waals surface area contributed by atoms with Crippen LogP contribution in [0, 0.1) is 6.92 Å². The van der Waals surface area contributed by atoms with Crippen LogP contribution in [0.3, 0.4) is 0 Å². The Morgan fingerprint density at radius 2 is 2.17 bits per heavy atom. The minimum atomic E-state index is -0.240. The average Bonchev–Trinajstić information content (AvgIpc) is 3.23. The van der Waals surface area contributed by atoms with E-state index in [1.54, 1.807) is 54.5 Å². The molecule has 0 fully saturated rings. The fraction of sp³-hybridized carbons (Fsp3) is 0.0588. The first-order chi connectivity index (χ1) is 11.7. The molecule has 118 valence electrons. The molecule has 3 heterocycles. The first-order valence-corrected chi connectivity index (χ1v) is 7.32. The van der Waals surface area contributed by atoms with Gasteiger partial charge in [0.05, 0.1) is 5.56 Å². The number of amides is 1. The number of pyridine rings is 1. The molecule has 0 aliphatic heterocycles. The van der Waals surface area contributed by atoms with Crippen molar-refractivity contribution in [3.05, 3.63) is 66.7 Å². The molecule has 1 amide bonds. The average molecular weight is 319 g/mol. The second kappa shape index (κ2) is 5.62. The third-order valence-electron chi connectivity index (χ3n) is 3.53. The maximum Gasteiger partial charge on any atom is 0.257 e. The Balaban J connectivity index is 1.54. The second-order valence-electron chi connectivity index (χ2n) is 5.24. The zero-order valence-corrected chi connectivity index (χ0v) is 12.8. The van der Waals surface area contributed by atoms with Crippen molar-refractivity contribution in [3.8, 4) is 5.82 Å². The molecule has 0 saturated carbocycles. The Morgan fingerprint density at radius 1 is 1.25 bits per heavy atom. The molecule has 0 aliphatic carbocycles. The standard InChI is InChI=1S/C17H13N5O2/c1-11-20-14-4-3-13(8-15(14)24-11)21-17(23)12-2-5-16(19-9-12)22-7-6-18-10-22/h2-10H,1H3,(H,21,23). The highest BCUT2D eigenvalue weighted by atomic mass is 16.3. The van der Waals surface area contributed by atoms with Gasteiger partial charge in [-0.3, -0.25) is 9.36 Å². The van der Waals surface area contributed by atoms with E-state index in [2.05, 4.69) is 20.3 Å². The molecule has 1 aromatic carbocycles. The number of aromatic nitrogens is 4. The van der Waals surface area contributed by atoms with Gasteiger partial charge in [-0.2, -0.15) is 0 Å². The van der Waals surface area contributed by atoms with Crippen molar-refractivity contribution in [2.24, 2.45) is 0 Å². The summed E-state index contributed by atoms with van der Waals surface area (Å²) in [5, 5.41) is 2.83. The molecule has 0 radical (unpaired) electrons. The Hall–Kier alpha value is -3.48. The van der Waals surface area contributed by atoms with E-state index in [1.807, 2.05) is 6.07 Å². The maximum absolute atomic E-state index is 12.3. The fourth-order valence-corrected chi connectivity index (χ4v) is 2.39. The number of hydrogen-bond acceptors (Lipinski definition) is 5. The fourth-order valence-electron chi connectivity index (χ4n) is 2.39. The van der Waals surface area contributed by atoms with Crippen LogP contribution in [0.4, 0.5) is 5.69 Å². The van der Waals surface area contributed by atoms with Crippen LogP contribution in [-0.2, 0) is 0 Å². The highest BCUT2D eigenvalue weighted by Gasteiger charge is 2.09. The summed E-state index contributed by atoms with van der Waals surface area (Å²) in [6.45, 7) is 1.78. The van der Waals surface area contributed by atoms with Gasteiger partial charge < -0.3 is 9.73 Å². The highest BCUT2D eigenvalue weighted by molar-refractivity contribution is 6.04. The summed E-state index contributed by atoms with van der Waals surface area (Å²) in [6, 6.07) is 8.83. The van der Waals surface area contributed by atoms with E-state index in [-0.39, 0.29) is 5.91 Å². The predicted molar refractivity (Wildman–Crippen MR) is 88.1 cm³/mol. The molecule has 1 N–H and O–H groups in total. The predicted octanol–water partition coefficient (Wildman–Crippen LogP) is 2.97. The molecule has 0 aliphatic rings. The van der Waals surface area contributed by atoms with Gasteiger partial charge in [0.25, 0.3) is 5.91 Å². The van der Waals surface area contributed by atoms with Gasteiger partial charge in [0, 0.05) is 37.3 Å². The monoisotopic (exact) mass is 319 g/mol. The first-order valence-electron chi connectivity index (χ1n) is 7.32. The number of nitrogens with one attached hydrogen (secondary N) is 1. The van der Waals surface area contributed by atoms with E-state index < -0.39 is 0 Å². The van der Waals surface area contributed by atoms with Crippen molar-refractivity contribution < 1.29 is 9.21 Å². The van der Waals surface area contributed by atoms with Gasteiger partial charge in [-0.05, 0) is 24.3 Å². The molecule has 7 heteroatoms. The van der Waals surface area contributed by atoms with Gasteiger partial charge in [-0.1, -0.05) is 0 Å². The first kappa shape index (κ1) is 14.1. The summed E-state index contributed by atoms with van der Waals surface area (Å²) in [5.74, 6) is 1.05. The summed E-state index contributed by atoms with van der Waals surface area (Å²) in [6.07, 6.45) is 6.64. The van der Waals surface area contributed by atoms with Crippen LogP contribution >= 0.6 is 0 Å². The molecule has 24 heavy (non-hydrogen) atoms. The number of nitrogens with zero attached hydrogens (tertiary/aromatic N) is 4. The maximum atomic E-state index is 12.3. The molecule has 3 aromatic heterocycles. The largest absolute Gasteiger partial charge is 0.441 e.